The van der Waals surface area contributed by atoms with Gasteiger partial charge in [0.2, 0.25) is 0 Å². The van der Waals surface area contributed by atoms with E-state index in [1.54, 1.807) is 30.6 Å². The van der Waals surface area contributed by atoms with Crippen LogP contribution >= 0.6 is 0 Å². The number of pyridine rings is 1. The number of carbonyl (C=O) groups is 1. The predicted octanol–water partition coefficient (Wildman–Crippen LogP) is 1.27. The third kappa shape index (κ3) is 2.79. The summed E-state index contributed by atoms with van der Waals surface area (Å²) in [5.74, 6) is 0.0414. The van der Waals surface area contributed by atoms with Crippen LogP contribution in [-0.2, 0) is 11.3 Å². The molecule has 0 saturated heterocycles. The molecule has 0 aliphatic carbocycles. The first-order chi connectivity index (χ1) is 8.81. The van der Waals surface area contributed by atoms with Gasteiger partial charge in [0.05, 0.1) is 19.3 Å². The number of hydrogen-bond acceptors (Lipinski definition) is 6. The molecular weight excluding hydrogens is 232 g/mol. The lowest BCUT2D eigenvalue weighted by Gasteiger charge is -2.08. The van der Waals surface area contributed by atoms with Gasteiger partial charge in [-0.15, -0.1) is 0 Å². The van der Waals surface area contributed by atoms with Crippen molar-refractivity contribution in [3.63, 3.8) is 0 Å². The summed E-state index contributed by atoms with van der Waals surface area (Å²) < 4.78 is 4.68. The van der Waals surface area contributed by atoms with Crippen LogP contribution in [0.25, 0.3) is 0 Å². The van der Waals surface area contributed by atoms with Gasteiger partial charge in [-0.1, -0.05) is 0 Å². The van der Waals surface area contributed by atoms with E-state index in [4.69, 9.17) is 0 Å². The topological polar surface area (TPSA) is 77.0 Å². The van der Waals surface area contributed by atoms with E-state index in [9.17, 15) is 4.79 Å². The summed E-state index contributed by atoms with van der Waals surface area (Å²) in [6, 6.07) is 6.96. The molecule has 2 heterocycles. The summed E-state index contributed by atoms with van der Waals surface area (Å²) in [4.78, 5) is 15.6. The Morgan fingerprint density at radius 2 is 2.17 bits per heavy atom. The molecule has 0 aliphatic heterocycles. The third-order valence-corrected chi connectivity index (χ3v) is 2.28. The molecule has 0 amide bonds. The third-order valence-electron chi connectivity index (χ3n) is 2.28. The summed E-state index contributed by atoms with van der Waals surface area (Å²) >= 11 is 0. The molecule has 0 radical (unpaired) electrons. The fourth-order valence-electron chi connectivity index (χ4n) is 1.42. The fraction of sp³-hybridized carbons (Fsp3) is 0.167. The van der Waals surface area contributed by atoms with E-state index in [2.05, 4.69) is 25.2 Å². The Labute approximate surface area is 104 Å². The molecule has 0 fully saturated rings. The van der Waals surface area contributed by atoms with Gasteiger partial charge in [-0.3, -0.25) is 0 Å². The molecule has 0 aliphatic rings. The number of nitrogens with one attached hydrogen (secondary N) is 1. The van der Waals surface area contributed by atoms with Gasteiger partial charge < -0.3 is 10.1 Å². The molecular formula is C12H12N4O2. The highest BCUT2D eigenvalue weighted by atomic mass is 16.5. The molecule has 2 aromatic rings. The van der Waals surface area contributed by atoms with Crippen molar-refractivity contribution in [3.8, 4) is 0 Å². The van der Waals surface area contributed by atoms with Gasteiger partial charge in [0, 0.05) is 12.4 Å². The number of hydrogen-bond donors (Lipinski definition) is 1. The van der Waals surface area contributed by atoms with Crippen molar-refractivity contribution in [3.05, 3.63) is 47.9 Å². The average molecular weight is 244 g/mol. The van der Waals surface area contributed by atoms with Crippen LogP contribution < -0.4 is 5.32 Å². The van der Waals surface area contributed by atoms with E-state index in [0.29, 0.717) is 17.9 Å². The molecule has 6 nitrogen and oxygen atoms in total. The van der Waals surface area contributed by atoms with Crippen molar-refractivity contribution in [1.29, 1.82) is 0 Å². The van der Waals surface area contributed by atoms with Gasteiger partial charge in [0.1, 0.15) is 11.4 Å². The monoisotopic (exact) mass is 244 g/mol. The number of rotatable bonds is 4. The summed E-state index contributed by atoms with van der Waals surface area (Å²) in [6.45, 7) is 0.439. The minimum atomic E-state index is -0.426. The molecule has 18 heavy (non-hydrogen) atoms. The highest BCUT2D eigenvalue weighted by Gasteiger charge is 2.11. The van der Waals surface area contributed by atoms with Crippen LogP contribution in [-0.4, -0.2) is 28.3 Å². The van der Waals surface area contributed by atoms with Crippen LogP contribution in [0.4, 0.5) is 5.82 Å². The maximum atomic E-state index is 11.5. The second-order valence-electron chi connectivity index (χ2n) is 3.46. The Hall–Kier alpha value is -2.50. The van der Waals surface area contributed by atoms with Crippen LogP contribution in [0, 0.1) is 0 Å². The second kappa shape index (κ2) is 5.72. The van der Waals surface area contributed by atoms with E-state index in [1.165, 1.54) is 7.11 Å². The van der Waals surface area contributed by atoms with Crippen molar-refractivity contribution in [1.82, 2.24) is 15.2 Å². The number of ether oxygens (including phenoxy) is 1. The molecule has 0 saturated carbocycles. The number of anilines is 1. The zero-order valence-corrected chi connectivity index (χ0v) is 9.83. The molecule has 0 bridgehead atoms. The van der Waals surface area contributed by atoms with Gasteiger partial charge in [-0.25, -0.2) is 9.78 Å². The van der Waals surface area contributed by atoms with Gasteiger partial charge in [0.25, 0.3) is 0 Å². The SMILES string of the molecule is COC(=O)c1cccnc1NCc1cccnn1. The van der Waals surface area contributed by atoms with E-state index in [-0.39, 0.29) is 0 Å². The minimum absolute atomic E-state index is 0.392. The van der Waals surface area contributed by atoms with Crippen molar-refractivity contribution in [2.45, 2.75) is 6.54 Å². The number of aromatic nitrogens is 3. The first-order valence-electron chi connectivity index (χ1n) is 5.35. The maximum absolute atomic E-state index is 11.5. The standard InChI is InChI=1S/C12H12N4O2/c1-18-12(17)10-5-3-6-13-11(10)14-8-9-4-2-7-15-16-9/h2-7H,8H2,1H3,(H,13,14). The zero-order chi connectivity index (χ0) is 12.8. The Balaban J connectivity index is 2.12. The molecule has 1 N–H and O–H groups in total. The predicted molar refractivity (Wildman–Crippen MR) is 64.9 cm³/mol. The minimum Gasteiger partial charge on any atom is -0.465 e. The smallest absolute Gasteiger partial charge is 0.341 e. The average Bonchev–Trinajstić information content (AvgIpc) is 2.45. The quantitative estimate of drug-likeness (QED) is 0.816. The lowest BCUT2D eigenvalue weighted by atomic mass is 10.2. The highest BCUT2D eigenvalue weighted by Crippen LogP contribution is 2.13. The number of methoxy groups -OCH3 is 1. The van der Waals surface area contributed by atoms with Gasteiger partial charge in [-0.05, 0) is 24.3 Å². The molecule has 0 spiro atoms. The summed E-state index contributed by atoms with van der Waals surface area (Å²) in [5, 5.41) is 10.7. The molecule has 2 aromatic heterocycles. The Morgan fingerprint density at radius 3 is 2.89 bits per heavy atom. The van der Waals surface area contributed by atoms with Gasteiger partial charge in [0.15, 0.2) is 0 Å². The molecule has 2 rings (SSSR count). The zero-order valence-electron chi connectivity index (χ0n) is 9.83. The largest absolute Gasteiger partial charge is 0.465 e. The van der Waals surface area contributed by atoms with Crippen molar-refractivity contribution >= 4 is 11.8 Å². The van der Waals surface area contributed by atoms with Crippen LogP contribution in [0.5, 0.6) is 0 Å². The molecule has 0 atom stereocenters. The lowest BCUT2D eigenvalue weighted by molar-refractivity contribution is 0.0601. The first-order valence-corrected chi connectivity index (χ1v) is 5.35. The molecule has 92 valence electrons. The van der Waals surface area contributed by atoms with Crippen molar-refractivity contribution in [2.24, 2.45) is 0 Å². The Bertz CT molecular complexity index is 531. The van der Waals surface area contributed by atoms with Crippen LogP contribution in [0.15, 0.2) is 36.7 Å². The first kappa shape index (κ1) is 12.0. The Kier molecular flexibility index (Phi) is 3.80. The van der Waals surface area contributed by atoms with Crippen LogP contribution in [0.2, 0.25) is 0 Å². The summed E-state index contributed by atoms with van der Waals surface area (Å²) in [6.07, 6.45) is 3.20. The summed E-state index contributed by atoms with van der Waals surface area (Å²) in [5.41, 5.74) is 1.16. The van der Waals surface area contributed by atoms with E-state index in [1.807, 2.05) is 6.07 Å². The number of esters is 1. The van der Waals surface area contributed by atoms with Crippen molar-refractivity contribution in [2.75, 3.05) is 12.4 Å². The normalized spacial score (nSPS) is 9.83. The summed E-state index contributed by atoms with van der Waals surface area (Å²) in [7, 11) is 1.34. The van der Waals surface area contributed by atoms with Crippen molar-refractivity contribution < 1.29 is 9.53 Å². The molecule has 6 heteroatoms. The van der Waals surface area contributed by atoms with Gasteiger partial charge >= 0.3 is 5.97 Å². The van der Waals surface area contributed by atoms with E-state index >= 15 is 0 Å². The number of carbonyl (C=O) groups excluding carboxylic acids is 1. The molecule has 0 unspecified atom stereocenters. The maximum Gasteiger partial charge on any atom is 0.341 e. The second-order valence-corrected chi connectivity index (χ2v) is 3.46. The lowest BCUT2D eigenvalue weighted by Crippen LogP contribution is -2.10. The fourth-order valence-corrected chi connectivity index (χ4v) is 1.42. The Morgan fingerprint density at radius 1 is 1.33 bits per heavy atom. The van der Waals surface area contributed by atoms with Crippen LogP contribution in [0.3, 0.4) is 0 Å². The number of nitrogens with zero attached hydrogens (tertiary/aromatic N) is 3. The van der Waals surface area contributed by atoms with E-state index in [0.717, 1.165) is 5.69 Å². The highest BCUT2D eigenvalue weighted by molar-refractivity contribution is 5.94. The van der Waals surface area contributed by atoms with Crippen LogP contribution in [0.1, 0.15) is 16.1 Å². The van der Waals surface area contributed by atoms with Gasteiger partial charge in [-0.2, -0.15) is 10.2 Å². The molecule has 0 aromatic carbocycles. The van der Waals surface area contributed by atoms with E-state index < -0.39 is 5.97 Å².